The van der Waals surface area contributed by atoms with Gasteiger partial charge in [-0.3, -0.25) is 10.1 Å². The van der Waals surface area contributed by atoms with Crippen molar-refractivity contribution in [3.63, 3.8) is 0 Å². The fourth-order valence-electron chi connectivity index (χ4n) is 2.49. The third kappa shape index (κ3) is 2.76. The largest absolute Gasteiger partial charge is 0.393 e. The molecule has 3 N–H and O–H groups in total. The number of hydrogen-bond donors (Lipinski definition) is 2. The zero-order chi connectivity index (χ0) is 14.2. The average molecular weight is 268 g/mol. The van der Waals surface area contributed by atoms with Crippen molar-refractivity contribution >= 4 is 17.1 Å². The van der Waals surface area contributed by atoms with Crippen molar-refractivity contribution in [1.29, 1.82) is 0 Å². The van der Waals surface area contributed by atoms with E-state index in [1.165, 1.54) is 6.07 Å². The summed E-state index contributed by atoms with van der Waals surface area (Å²) >= 11 is 0. The van der Waals surface area contributed by atoms with E-state index in [4.69, 9.17) is 5.73 Å². The summed E-state index contributed by atoms with van der Waals surface area (Å²) in [6.07, 6.45) is 0. The van der Waals surface area contributed by atoms with Crippen LogP contribution < -0.4 is 16.0 Å². The normalized spacial score (nSPS) is 23.4. The number of anilines is 2. The van der Waals surface area contributed by atoms with Crippen LogP contribution in [0.1, 0.15) is 13.8 Å². The molecule has 0 saturated carbocycles. The number of piperazine rings is 1. The molecule has 1 heterocycles. The van der Waals surface area contributed by atoms with E-state index in [-0.39, 0.29) is 17.8 Å². The monoisotopic (exact) mass is 268 g/mol. The SMILES string of the molecule is C[C@@H]1CN(c2cc(N)c([N+](=O)[O-])cc2F)C[C@@H](C)N1. The van der Waals surface area contributed by atoms with Crippen LogP contribution in [0.25, 0.3) is 0 Å². The van der Waals surface area contributed by atoms with Crippen molar-refractivity contribution < 1.29 is 9.31 Å². The molecule has 0 aliphatic carbocycles. The molecular weight excluding hydrogens is 251 g/mol. The van der Waals surface area contributed by atoms with Gasteiger partial charge in [0.25, 0.3) is 5.69 Å². The summed E-state index contributed by atoms with van der Waals surface area (Å²) in [5, 5.41) is 14.0. The minimum Gasteiger partial charge on any atom is -0.393 e. The number of nitrogens with zero attached hydrogens (tertiary/aromatic N) is 2. The third-order valence-corrected chi connectivity index (χ3v) is 3.19. The number of halogens is 1. The highest BCUT2D eigenvalue weighted by atomic mass is 19.1. The molecule has 1 aromatic rings. The van der Waals surface area contributed by atoms with Crippen LogP contribution in [0.5, 0.6) is 0 Å². The lowest BCUT2D eigenvalue weighted by atomic mass is 10.1. The molecule has 1 saturated heterocycles. The minimum atomic E-state index is -0.675. The van der Waals surface area contributed by atoms with E-state index in [9.17, 15) is 14.5 Å². The van der Waals surface area contributed by atoms with Gasteiger partial charge >= 0.3 is 0 Å². The predicted octanol–water partition coefficient (Wildman–Crippen LogP) is 1.50. The number of hydrogen-bond acceptors (Lipinski definition) is 5. The second kappa shape index (κ2) is 5.00. The van der Waals surface area contributed by atoms with Crippen LogP contribution in [0.2, 0.25) is 0 Å². The Labute approximate surface area is 110 Å². The zero-order valence-electron chi connectivity index (χ0n) is 10.9. The van der Waals surface area contributed by atoms with E-state index in [1.54, 1.807) is 0 Å². The van der Waals surface area contributed by atoms with Crippen molar-refractivity contribution in [3.05, 3.63) is 28.1 Å². The van der Waals surface area contributed by atoms with Crippen LogP contribution in [-0.2, 0) is 0 Å². The molecule has 19 heavy (non-hydrogen) atoms. The molecule has 104 valence electrons. The predicted molar refractivity (Wildman–Crippen MR) is 71.7 cm³/mol. The number of rotatable bonds is 2. The molecule has 0 spiro atoms. The maximum absolute atomic E-state index is 14.0. The first-order chi connectivity index (χ1) is 8.88. The Morgan fingerprint density at radius 1 is 1.42 bits per heavy atom. The molecule has 1 aromatic carbocycles. The smallest absolute Gasteiger partial charge is 0.295 e. The Morgan fingerprint density at radius 2 is 2.00 bits per heavy atom. The van der Waals surface area contributed by atoms with E-state index in [0.29, 0.717) is 18.8 Å². The van der Waals surface area contributed by atoms with Crippen LogP contribution >= 0.6 is 0 Å². The number of benzene rings is 1. The number of nitrogens with two attached hydrogens (primary N) is 1. The quantitative estimate of drug-likeness (QED) is 0.482. The van der Waals surface area contributed by atoms with E-state index < -0.39 is 16.4 Å². The lowest BCUT2D eigenvalue weighted by Gasteiger charge is -2.37. The third-order valence-electron chi connectivity index (χ3n) is 3.19. The van der Waals surface area contributed by atoms with Crippen molar-refractivity contribution in [2.24, 2.45) is 0 Å². The number of nitro groups is 1. The molecule has 2 rings (SSSR count). The standard InChI is InChI=1S/C12H17FN4O2/c1-7-5-16(6-8(2)15-7)11-4-10(14)12(17(18)19)3-9(11)13/h3-4,7-8,15H,5-6,14H2,1-2H3/t7-,8-/m1/s1. The first-order valence-electron chi connectivity index (χ1n) is 6.13. The van der Waals surface area contributed by atoms with Gasteiger partial charge in [-0.2, -0.15) is 0 Å². The molecule has 0 aromatic heterocycles. The topological polar surface area (TPSA) is 84.4 Å². The van der Waals surface area contributed by atoms with Crippen molar-refractivity contribution in [3.8, 4) is 0 Å². The van der Waals surface area contributed by atoms with Crippen LogP contribution in [0, 0.1) is 15.9 Å². The highest BCUT2D eigenvalue weighted by Gasteiger charge is 2.25. The van der Waals surface area contributed by atoms with E-state index in [1.807, 2.05) is 18.7 Å². The molecule has 0 amide bonds. The second-order valence-electron chi connectivity index (χ2n) is 4.99. The van der Waals surface area contributed by atoms with Gasteiger partial charge < -0.3 is 16.0 Å². The highest BCUT2D eigenvalue weighted by Crippen LogP contribution is 2.31. The molecule has 1 aliphatic heterocycles. The molecule has 0 bridgehead atoms. The van der Waals surface area contributed by atoms with Gasteiger partial charge in [0.15, 0.2) is 5.82 Å². The fourth-order valence-corrected chi connectivity index (χ4v) is 2.49. The zero-order valence-corrected chi connectivity index (χ0v) is 10.9. The van der Waals surface area contributed by atoms with Gasteiger partial charge in [-0.15, -0.1) is 0 Å². The highest BCUT2D eigenvalue weighted by molar-refractivity contribution is 5.67. The van der Waals surface area contributed by atoms with Crippen molar-refractivity contribution in [2.45, 2.75) is 25.9 Å². The first kappa shape index (κ1) is 13.5. The molecule has 0 unspecified atom stereocenters. The summed E-state index contributed by atoms with van der Waals surface area (Å²) < 4.78 is 14.0. The summed E-state index contributed by atoms with van der Waals surface area (Å²) in [7, 11) is 0. The Bertz CT molecular complexity index is 499. The molecule has 7 heteroatoms. The van der Waals surface area contributed by atoms with Gasteiger partial charge in [-0.25, -0.2) is 4.39 Å². The Hall–Kier alpha value is -1.89. The van der Waals surface area contributed by atoms with Crippen molar-refractivity contribution in [2.75, 3.05) is 23.7 Å². The molecule has 0 radical (unpaired) electrons. The summed E-state index contributed by atoms with van der Waals surface area (Å²) in [5.74, 6) is -0.609. The van der Waals surface area contributed by atoms with Crippen LogP contribution in [-0.4, -0.2) is 30.1 Å². The number of nitro benzene ring substituents is 1. The molecule has 2 atom stereocenters. The Balaban J connectivity index is 2.35. The van der Waals surface area contributed by atoms with Crippen LogP contribution in [0.15, 0.2) is 12.1 Å². The molecule has 1 aliphatic rings. The van der Waals surface area contributed by atoms with E-state index in [2.05, 4.69) is 5.32 Å². The lowest BCUT2D eigenvalue weighted by molar-refractivity contribution is -0.384. The average Bonchev–Trinajstić information content (AvgIpc) is 2.30. The molecule has 6 nitrogen and oxygen atoms in total. The van der Waals surface area contributed by atoms with Crippen LogP contribution in [0.3, 0.4) is 0 Å². The molecule has 1 fully saturated rings. The summed E-state index contributed by atoms with van der Waals surface area (Å²) in [6.45, 7) is 5.29. The van der Waals surface area contributed by atoms with Gasteiger partial charge in [0, 0.05) is 25.2 Å². The van der Waals surface area contributed by atoms with E-state index in [0.717, 1.165) is 6.07 Å². The van der Waals surface area contributed by atoms with Crippen molar-refractivity contribution in [1.82, 2.24) is 5.32 Å². The Morgan fingerprint density at radius 3 is 2.53 bits per heavy atom. The summed E-state index contributed by atoms with van der Waals surface area (Å²) in [4.78, 5) is 11.9. The van der Waals surface area contributed by atoms with Gasteiger partial charge in [0.1, 0.15) is 5.69 Å². The maximum Gasteiger partial charge on any atom is 0.295 e. The van der Waals surface area contributed by atoms with Crippen LogP contribution in [0.4, 0.5) is 21.5 Å². The van der Waals surface area contributed by atoms with Gasteiger partial charge in [0.2, 0.25) is 0 Å². The van der Waals surface area contributed by atoms with E-state index >= 15 is 0 Å². The Kier molecular flexibility index (Phi) is 3.57. The number of nitrogens with one attached hydrogen (secondary N) is 1. The molecular formula is C12H17FN4O2. The second-order valence-corrected chi connectivity index (χ2v) is 4.99. The fraction of sp³-hybridized carbons (Fsp3) is 0.500. The van der Waals surface area contributed by atoms with Gasteiger partial charge in [-0.05, 0) is 19.9 Å². The summed E-state index contributed by atoms with van der Waals surface area (Å²) in [5.41, 5.74) is 5.53. The maximum atomic E-state index is 14.0. The van der Waals surface area contributed by atoms with Gasteiger partial charge in [-0.1, -0.05) is 0 Å². The lowest BCUT2D eigenvalue weighted by Crippen LogP contribution is -2.54. The number of nitrogen functional groups attached to an aromatic ring is 1. The van der Waals surface area contributed by atoms with Gasteiger partial charge in [0.05, 0.1) is 16.7 Å². The summed E-state index contributed by atoms with van der Waals surface area (Å²) in [6, 6.07) is 2.68. The first-order valence-corrected chi connectivity index (χ1v) is 6.13. The minimum absolute atomic E-state index is 0.0137.